The van der Waals surface area contributed by atoms with Crippen molar-refractivity contribution >= 4 is 55.8 Å². The molecule has 3 nitrogen and oxygen atoms in total. The molecule has 1 aliphatic rings. The molecule has 1 amide bonds. The molecule has 1 heterocycles. The summed E-state index contributed by atoms with van der Waals surface area (Å²) in [7, 11) is 0. The third-order valence-corrected chi connectivity index (χ3v) is 4.15. The lowest BCUT2D eigenvalue weighted by Gasteiger charge is -2.13. The zero-order valence-electron chi connectivity index (χ0n) is 9.78. The molecule has 2 aromatic carbocycles. The van der Waals surface area contributed by atoms with E-state index in [0.717, 1.165) is 25.0 Å². The summed E-state index contributed by atoms with van der Waals surface area (Å²) in [6.45, 7) is 0. The molecule has 0 aliphatic carbocycles. The molecule has 0 saturated carbocycles. The van der Waals surface area contributed by atoms with Crippen molar-refractivity contribution in [3.05, 3.63) is 56.1 Å². The van der Waals surface area contributed by atoms with Crippen LogP contribution in [0.3, 0.4) is 0 Å². The monoisotopic (exact) mass is 428 g/mol. The van der Waals surface area contributed by atoms with Gasteiger partial charge in [0.2, 0.25) is 0 Å². The molecule has 0 bridgehead atoms. The number of hydrogen-bond donors (Lipinski definition) is 2. The predicted octanol–water partition coefficient (Wildman–Crippen LogP) is 4.16. The molecular weight excluding hydrogens is 419 g/mol. The van der Waals surface area contributed by atoms with E-state index in [0.29, 0.717) is 0 Å². The van der Waals surface area contributed by atoms with Gasteiger partial charge < -0.3 is 10.6 Å². The number of nitrogens with one attached hydrogen (secondary N) is 2. The van der Waals surface area contributed by atoms with Gasteiger partial charge in [-0.25, -0.2) is 0 Å². The maximum Gasteiger partial charge on any atom is 0.251 e. The fourth-order valence-corrected chi connectivity index (χ4v) is 3.03. The summed E-state index contributed by atoms with van der Waals surface area (Å²) in [5.41, 5.74) is 2.79. The Labute approximate surface area is 133 Å². The van der Waals surface area contributed by atoms with Crippen molar-refractivity contribution in [3.63, 3.8) is 0 Å². The maximum atomic E-state index is 12.0. The first-order chi connectivity index (χ1) is 9.13. The Hall–Kier alpha value is -1.08. The number of benzene rings is 2. The molecule has 0 aromatic heterocycles. The minimum absolute atomic E-state index is 0.0213. The van der Waals surface area contributed by atoms with Gasteiger partial charge in [-0.15, -0.1) is 0 Å². The first-order valence-electron chi connectivity index (χ1n) is 5.76. The topological polar surface area (TPSA) is 41.1 Å². The molecule has 2 aromatic rings. The number of fused-ring (bicyclic) bond motifs is 1. The van der Waals surface area contributed by atoms with E-state index in [1.165, 1.54) is 0 Å². The lowest BCUT2D eigenvalue weighted by molar-refractivity contribution is -0.116. The Morgan fingerprint density at radius 1 is 1.21 bits per heavy atom. The van der Waals surface area contributed by atoms with Gasteiger partial charge in [0.05, 0.1) is 0 Å². The molecule has 1 atom stereocenters. The first kappa shape index (κ1) is 12.9. The molecule has 0 radical (unpaired) electrons. The third-order valence-electron chi connectivity index (χ3n) is 2.98. The number of amides is 1. The highest BCUT2D eigenvalue weighted by Gasteiger charge is 2.30. The maximum absolute atomic E-state index is 12.0. The van der Waals surface area contributed by atoms with Crippen LogP contribution in [0.4, 0.5) is 11.4 Å². The summed E-state index contributed by atoms with van der Waals surface area (Å²) < 4.78 is 2.10. The number of halogens is 2. The van der Waals surface area contributed by atoms with E-state index in [1.54, 1.807) is 0 Å². The summed E-state index contributed by atoms with van der Waals surface area (Å²) in [6.07, 6.45) is 0. The van der Waals surface area contributed by atoms with E-state index in [-0.39, 0.29) is 11.9 Å². The number of anilines is 2. The van der Waals surface area contributed by atoms with E-state index < -0.39 is 0 Å². The molecule has 2 N–H and O–H groups in total. The number of carbonyl (C=O) groups excluding carboxylic acids is 1. The Balaban J connectivity index is 1.92. The molecule has 19 heavy (non-hydrogen) atoms. The van der Waals surface area contributed by atoms with Crippen LogP contribution in [0.5, 0.6) is 0 Å². The van der Waals surface area contributed by atoms with Gasteiger partial charge in [0.15, 0.2) is 0 Å². The van der Waals surface area contributed by atoms with Crippen LogP contribution < -0.4 is 10.6 Å². The second-order valence-corrected chi connectivity index (χ2v) is 6.47. The SMILES string of the molecule is O=C1Nc2cc(Br)ccc2C1Nc1cccc(I)c1. The standard InChI is InChI=1S/C14H10BrIN2O/c15-8-4-5-11-12(6-8)18-14(19)13(11)17-10-3-1-2-9(16)7-10/h1-7,13,17H,(H,18,19). The van der Waals surface area contributed by atoms with Gasteiger partial charge in [-0.2, -0.15) is 0 Å². The Morgan fingerprint density at radius 2 is 2.05 bits per heavy atom. The van der Waals surface area contributed by atoms with Gasteiger partial charge in [-0.05, 0) is 52.9 Å². The van der Waals surface area contributed by atoms with E-state index in [4.69, 9.17) is 0 Å². The van der Waals surface area contributed by atoms with Crippen LogP contribution in [0.2, 0.25) is 0 Å². The average molecular weight is 429 g/mol. The molecule has 3 rings (SSSR count). The largest absolute Gasteiger partial charge is 0.370 e. The highest BCUT2D eigenvalue weighted by molar-refractivity contribution is 14.1. The zero-order valence-corrected chi connectivity index (χ0v) is 13.5. The summed E-state index contributed by atoms with van der Waals surface area (Å²) in [6, 6.07) is 13.5. The van der Waals surface area contributed by atoms with Gasteiger partial charge in [0, 0.05) is 25.0 Å². The van der Waals surface area contributed by atoms with Crippen molar-refractivity contribution in [1.29, 1.82) is 0 Å². The summed E-state index contributed by atoms with van der Waals surface area (Å²) in [5, 5.41) is 6.16. The normalized spacial score (nSPS) is 16.9. The van der Waals surface area contributed by atoms with Crippen LogP contribution in [-0.4, -0.2) is 5.91 Å². The predicted molar refractivity (Wildman–Crippen MR) is 88.3 cm³/mol. The molecule has 0 saturated heterocycles. The number of rotatable bonds is 2. The van der Waals surface area contributed by atoms with Crippen molar-refractivity contribution in [2.45, 2.75) is 6.04 Å². The lowest BCUT2D eigenvalue weighted by Crippen LogP contribution is -2.19. The van der Waals surface area contributed by atoms with Crippen LogP contribution in [0, 0.1) is 3.57 Å². The second-order valence-electron chi connectivity index (χ2n) is 4.31. The van der Waals surface area contributed by atoms with E-state index in [2.05, 4.69) is 49.2 Å². The number of carbonyl (C=O) groups is 1. The van der Waals surface area contributed by atoms with E-state index >= 15 is 0 Å². The third kappa shape index (κ3) is 2.62. The van der Waals surface area contributed by atoms with Crippen molar-refractivity contribution in [1.82, 2.24) is 0 Å². The van der Waals surface area contributed by atoms with Crippen LogP contribution in [0.1, 0.15) is 11.6 Å². The average Bonchev–Trinajstić information content (AvgIpc) is 2.65. The van der Waals surface area contributed by atoms with Gasteiger partial charge >= 0.3 is 0 Å². The summed E-state index contributed by atoms with van der Waals surface area (Å²) in [4.78, 5) is 12.0. The van der Waals surface area contributed by atoms with Crippen LogP contribution in [-0.2, 0) is 4.79 Å². The van der Waals surface area contributed by atoms with Crippen molar-refractivity contribution in [2.75, 3.05) is 10.6 Å². The Kier molecular flexibility index (Phi) is 3.49. The van der Waals surface area contributed by atoms with Crippen molar-refractivity contribution in [2.24, 2.45) is 0 Å². The molecular formula is C14H10BrIN2O. The fraction of sp³-hybridized carbons (Fsp3) is 0.0714. The Bertz CT molecular complexity index is 660. The van der Waals surface area contributed by atoms with Crippen molar-refractivity contribution < 1.29 is 4.79 Å². The molecule has 5 heteroatoms. The minimum Gasteiger partial charge on any atom is -0.370 e. The highest BCUT2D eigenvalue weighted by atomic mass is 127. The van der Waals surface area contributed by atoms with Gasteiger partial charge in [-0.3, -0.25) is 4.79 Å². The summed E-state index contributed by atoms with van der Waals surface area (Å²) in [5.74, 6) is -0.0213. The number of hydrogen-bond acceptors (Lipinski definition) is 2. The molecule has 0 fully saturated rings. The zero-order chi connectivity index (χ0) is 13.4. The van der Waals surface area contributed by atoms with Crippen LogP contribution in [0.15, 0.2) is 46.9 Å². The molecule has 1 aliphatic heterocycles. The quantitative estimate of drug-likeness (QED) is 0.705. The van der Waals surface area contributed by atoms with Gasteiger partial charge in [0.1, 0.15) is 6.04 Å². The van der Waals surface area contributed by atoms with Gasteiger partial charge in [0.25, 0.3) is 5.91 Å². The van der Waals surface area contributed by atoms with Crippen LogP contribution in [0.25, 0.3) is 0 Å². The highest BCUT2D eigenvalue weighted by Crippen LogP contribution is 2.35. The molecule has 0 spiro atoms. The fourth-order valence-electron chi connectivity index (χ4n) is 2.12. The van der Waals surface area contributed by atoms with Crippen LogP contribution >= 0.6 is 38.5 Å². The Morgan fingerprint density at radius 3 is 2.84 bits per heavy atom. The van der Waals surface area contributed by atoms with E-state index in [1.807, 2.05) is 42.5 Å². The molecule has 96 valence electrons. The van der Waals surface area contributed by atoms with Crippen molar-refractivity contribution in [3.8, 4) is 0 Å². The first-order valence-corrected chi connectivity index (χ1v) is 7.63. The second kappa shape index (κ2) is 5.13. The van der Waals surface area contributed by atoms with Gasteiger partial charge in [-0.1, -0.05) is 28.1 Å². The lowest BCUT2D eigenvalue weighted by atomic mass is 10.1. The summed E-state index contributed by atoms with van der Waals surface area (Å²) >= 11 is 5.66. The molecule has 1 unspecified atom stereocenters. The van der Waals surface area contributed by atoms with E-state index in [9.17, 15) is 4.79 Å². The smallest absolute Gasteiger partial charge is 0.251 e. The minimum atomic E-state index is -0.332.